The number of carbonyl (C=O) groups excluding carboxylic acids is 2. The van der Waals surface area contributed by atoms with Gasteiger partial charge in [0.15, 0.2) is 0 Å². The van der Waals surface area contributed by atoms with Crippen molar-refractivity contribution in [3.63, 3.8) is 0 Å². The van der Waals surface area contributed by atoms with Crippen LogP contribution in [0.25, 0.3) is 0 Å². The highest BCUT2D eigenvalue weighted by Crippen LogP contribution is 2.16. The lowest BCUT2D eigenvalue weighted by Crippen LogP contribution is -2.24. The number of hydrogen-bond donors (Lipinski definition) is 2. The van der Waals surface area contributed by atoms with E-state index in [1.807, 2.05) is 0 Å². The fraction of sp³-hybridized carbons (Fsp3) is 0.118. The number of hydrogen-bond acceptors (Lipinski definition) is 5. The Balaban J connectivity index is 1.60. The Hall–Kier alpha value is -3.55. The zero-order valence-electron chi connectivity index (χ0n) is 13.5. The van der Waals surface area contributed by atoms with Gasteiger partial charge in [-0.3, -0.25) is 14.6 Å². The predicted octanol–water partition coefficient (Wildman–Crippen LogP) is 2.13. The summed E-state index contributed by atoms with van der Waals surface area (Å²) in [5.74, 6) is -0.456. The number of anilines is 2. The molecule has 0 saturated heterocycles. The molecule has 2 aromatic heterocycles. The molecule has 0 saturated carbocycles. The Labute approximate surface area is 143 Å². The molecule has 8 heteroatoms. The van der Waals surface area contributed by atoms with Crippen molar-refractivity contribution in [1.82, 2.24) is 19.7 Å². The molecule has 2 amide bonds. The molecule has 3 rings (SSSR count). The Kier molecular flexibility index (Phi) is 4.79. The summed E-state index contributed by atoms with van der Waals surface area (Å²) >= 11 is 0. The van der Waals surface area contributed by atoms with Gasteiger partial charge in [0.25, 0.3) is 5.91 Å². The largest absolute Gasteiger partial charge is 0.324 e. The minimum Gasteiger partial charge on any atom is -0.324 e. The molecule has 8 nitrogen and oxygen atoms in total. The van der Waals surface area contributed by atoms with Crippen molar-refractivity contribution in [3.05, 3.63) is 67.0 Å². The van der Waals surface area contributed by atoms with Crippen LogP contribution in [0.1, 0.15) is 23.3 Å². The summed E-state index contributed by atoms with van der Waals surface area (Å²) in [7, 11) is 0. The van der Waals surface area contributed by atoms with Gasteiger partial charge in [0.1, 0.15) is 18.7 Å². The third-order valence-corrected chi connectivity index (χ3v) is 3.55. The van der Waals surface area contributed by atoms with E-state index in [9.17, 15) is 9.59 Å². The van der Waals surface area contributed by atoms with Crippen LogP contribution in [0.3, 0.4) is 0 Å². The van der Waals surface area contributed by atoms with Gasteiger partial charge in [0.05, 0.1) is 5.56 Å². The van der Waals surface area contributed by atoms with Gasteiger partial charge in [0.2, 0.25) is 5.91 Å². The van der Waals surface area contributed by atoms with Crippen molar-refractivity contribution >= 4 is 23.2 Å². The summed E-state index contributed by atoms with van der Waals surface area (Å²) in [6, 6.07) is 9.75. The first kappa shape index (κ1) is 16.3. The molecule has 0 aliphatic rings. The van der Waals surface area contributed by atoms with Gasteiger partial charge in [-0.05, 0) is 43.3 Å². The molecule has 1 aromatic carbocycles. The summed E-state index contributed by atoms with van der Waals surface area (Å²) in [5.41, 5.74) is 1.72. The van der Waals surface area contributed by atoms with Crippen molar-refractivity contribution in [3.8, 4) is 0 Å². The Bertz CT molecular complexity index is 847. The van der Waals surface area contributed by atoms with E-state index < -0.39 is 6.04 Å². The van der Waals surface area contributed by atoms with Crippen LogP contribution in [-0.2, 0) is 4.79 Å². The van der Waals surface area contributed by atoms with E-state index in [4.69, 9.17) is 0 Å². The van der Waals surface area contributed by atoms with E-state index in [1.54, 1.807) is 49.5 Å². The molecule has 25 heavy (non-hydrogen) atoms. The monoisotopic (exact) mass is 336 g/mol. The van der Waals surface area contributed by atoms with Crippen molar-refractivity contribution in [2.75, 3.05) is 10.6 Å². The molecule has 0 bridgehead atoms. The van der Waals surface area contributed by atoms with Crippen molar-refractivity contribution < 1.29 is 9.59 Å². The molecule has 2 N–H and O–H groups in total. The average Bonchev–Trinajstić information content (AvgIpc) is 3.18. The molecule has 0 unspecified atom stereocenters. The first-order valence-corrected chi connectivity index (χ1v) is 7.60. The molecule has 1 atom stereocenters. The molecular weight excluding hydrogens is 320 g/mol. The van der Waals surface area contributed by atoms with Crippen molar-refractivity contribution in [2.24, 2.45) is 0 Å². The van der Waals surface area contributed by atoms with Crippen LogP contribution in [0, 0.1) is 0 Å². The number of carbonyl (C=O) groups is 2. The Morgan fingerprint density at radius 3 is 2.36 bits per heavy atom. The smallest absolute Gasteiger partial charge is 0.257 e. The molecule has 0 fully saturated rings. The highest BCUT2D eigenvalue weighted by Gasteiger charge is 2.15. The van der Waals surface area contributed by atoms with Crippen LogP contribution in [0.15, 0.2) is 61.4 Å². The Morgan fingerprint density at radius 1 is 1.04 bits per heavy atom. The predicted molar refractivity (Wildman–Crippen MR) is 92.0 cm³/mol. The molecule has 0 aliphatic heterocycles. The second-order valence-electron chi connectivity index (χ2n) is 5.31. The molecular formula is C17H16N6O2. The van der Waals surface area contributed by atoms with E-state index in [0.717, 1.165) is 0 Å². The first-order valence-electron chi connectivity index (χ1n) is 7.60. The van der Waals surface area contributed by atoms with Gasteiger partial charge in [-0.15, -0.1) is 0 Å². The highest BCUT2D eigenvalue weighted by atomic mass is 16.2. The first-order chi connectivity index (χ1) is 12.1. The number of rotatable bonds is 5. The summed E-state index contributed by atoms with van der Waals surface area (Å²) in [6.07, 6.45) is 5.97. The van der Waals surface area contributed by atoms with Crippen LogP contribution in [0.4, 0.5) is 11.4 Å². The molecule has 0 radical (unpaired) electrons. The number of nitrogens with zero attached hydrogens (tertiary/aromatic N) is 4. The zero-order valence-corrected chi connectivity index (χ0v) is 13.5. The maximum atomic E-state index is 12.2. The number of aromatic nitrogens is 4. The fourth-order valence-corrected chi connectivity index (χ4v) is 2.12. The zero-order chi connectivity index (χ0) is 17.6. The average molecular weight is 336 g/mol. The molecule has 3 aromatic rings. The minimum absolute atomic E-state index is 0.211. The molecule has 126 valence electrons. The second-order valence-corrected chi connectivity index (χ2v) is 5.31. The summed E-state index contributed by atoms with van der Waals surface area (Å²) in [5, 5.41) is 9.51. The van der Waals surface area contributed by atoms with Crippen LogP contribution in [-0.4, -0.2) is 31.6 Å². The minimum atomic E-state index is -0.479. The van der Waals surface area contributed by atoms with E-state index in [2.05, 4.69) is 25.7 Å². The lowest BCUT2D eigenvalue weighted by atomic mass is 10.2. The summed E-state index contributed by atoms with van der Waals surface area (Å²) in [4.78, 5) is 32.0. The fourth-order valence-electron chi connectivity index (χ4n) is 2.12. The summed E-state index contributed by atoms with van der Waals surface area (Å²) < 4.78 is 1.47. The summed E-state index contributed by atoms with van der Waals surface area (Å²) in [6.45, 7) is 1.73. The molecule has 0 aliphatic carbocycles. The van der Waals surface area contributed by atoms with Gasteiger partial charge in [-0.25, -0.2) is 9.67 Å². The van der Waals surface area contributed by atoms with Crippen LogP contribution >= 0.6 is 0 Å². The van der Waals surface area contributed by atoms with E-state index in [1.165, 1.54) is 23.5 Å². The third-order valence-electron chi connectivity index (χ3n) is 3.55. The standard InChI is InChI=1S/C17H16N6O2/c1-12(23-11-19-10-20-23)16(24)21-14-4-6-15(7-5-14)22-17(25)13-3-2-8-18-9-13/h2-12H,1H3,(H,21,24)(H,22,25)/t12-/m0/s1. The lowest BCUT2D eigenvalue weighted by molar-refractivity contribution is -0.119. The normalized spacial score (nSPS) is 11.6. The van der Waals surface area contributed by atoms with Gasteiger partial charge in [-0.1, -0.05) is 0 Å². The maximum Gasteiger partial charge on any atom is 0.257 e. The Morgan fingerprint density at radius 2 is 1.76 bits per heavy atom. The maximum absolute atomic E-state index is 12.2. The number of pyridine rings is 1. The highest BCUT2D eigenvalue weighted by molar-refractivity contribution is 6.04. The quantitative estimate of drug-likeness (QED) is 0.743. The van der Waals surface area contributed by atoms with E-state index in [-0.39, 0.29) is 11.8 Å². The van der Waals surface area contributed by atoms with Gasteiger partial charge in [-0.2, -0.15) is 5.10 Å². The van der Waals surface area contributed by atoms with E-state index >= 15 is 0 Å². The second kappa shape index (κ2) is 7.35. The molecule has 0 spiro atoms. The lowest BCUT2D eigenvalue weighted by Gasteiger charge is -2.12. The van der Waals surface area contributed by atoms with Crippen molar-refractivity contribution in [2.45, 2.75) is 13.0 Å². The van der Waals surface area contributed by atoms with Crippen LogP contribution < -0.4 is 10.6 Å². The van der Waals surface area contributed by atoms with Crippen LogP contribution in [0.5, 0.6) is 0 Å². The topological polar surface area (TPSA) is 102 Å². The van der Waals surface area contributed by atoms with Gasteiger partial charge in [0, 0.05) is 23.8 Å². The van der Waals surface area contributed by atoms with Crippen molar-refractivity contribution in [1.29, 1.82) is 0 Å². The number of amides is 2. The third kappa shape index (κ3) is 4.05. The van der Waals surface area contributed by atoms with E-state index in [0.29, 0.717) is 16.9 Å². The molecule has 2 heterocycles. The van der Waals surface area contributed by atoms with Gasteiger partial charge >= 0.3 is 0 Å². The van der Waals surface area contributed by atoms with Crippen LogP contribution in [0.2, 0.25) is 0 Å². The number of nitrogens with one attached hydrogen (secondary N) is 2. The number of benzene rings is 1. The SMILES string of the molecule is C[C@@H](C(=O)Nc1ccc(NC(=O)c2cccnc2)cc1)n1cncn1. The van der Waals surface area contributed by atoms with Gasteiger partial charge < -0.3 is 10.6 Å².